The molecule has 1 aliphatic heterocycles. The summed E-state index contributed by atoms with van der Waals surface area (Å²) in [4.78, 5) is 5.37. The number of alkyl halides is 3. The van der Waals surface area contributed by atoms with E-state index in [1.807, 2.05) is 24.3 Å². The van der Waals surface area contributed by atoms with E-state index in [1.54, 1.807) is 0 Å². The number of nitrogens with one attached hydrogen (secondary N) is 1. The van der Waals surface area contributed by atoms with Gasteiger partial charge in [-0.05, 0) is 17.7 Å². The van der Waals surface area contributed by atoms with Crippen LogP contribution in [0.2, 0.25) is 5.02 Å². The van der Waals surface area contributed by atoms with Gasteiger partial charge in [0.15, 0.2) is 5.13 Å². The summed E-state index contributed by atoms with van der Waals surface area (Å²) in [5, 5.41) is 3.95. The van der Waals surface area contributed by atoms with Gasteiger partial charge in [-0.3, -0.25) is 4.90 Å². The van der Waals surface area contributed by atoms with Crippen LogP contribution in [0.4, 0.5) is 18.3 Å². The van der Waals surface area contributed by atoms with Crippen molar-refractivity contribution in [2.45, 2.75) is 12.2 Å². The van der Waals surface area contributed by atoms with Gasteiger partial charge >= 0.3 is 6.18 Å². The molecule has 1 N–H and O–H groups in total. The van der Waals surface area contributed by atoms with E-state index in [0.717, 1.165) is 24.8 Å². The molecular weight excluding hydrogens is 375 g/mol. The molecule has 136 valence electrons. The number of anilines is 1. The number of morpholine rings is 1. The van der Waals surface area contributed by atoms with E-state index in [0.29, 0.717) is 36.1 Å². The monoisotopic (exact) mass is 391 g/mol. The Kier molecular flexibility index (Phi) is 5.83. The van der Waals surface area contributed by atoms with Gasteiger partial charge in [-0.25, -0.2) is 4.98 Å². The van der Waals surface area contributed by atoms with Gasteiger partial charge in [-0.1, -0.05) is 35.1 Å². The summed E-state index contributed by atoms with van der Waals surface area (Å²) in [5.74, 6) is 0. The third-order valence-corrected chi connectivity index (χ3v) is 5.22. The number of benzene rings is 1. The molecule has 0 spiro atoms. The molecule has 1 fully saturated rings. The maximum absolute atomic E-state index is 12.7. The Labute approximate surface area is 152 Å². The van der Waals surface area contributed by atoms with Crippen molar-refractivity contribution in [2.75, 3.05) is 38.2 Å². The van der Waals surface area contributed by atoms with Crippen molar-refractivity contribution in [3.05, 3.63) is 45.9 Å². The van der Waals surface area contributed by atoms with Crippen LogP contribution in [0.3, 0.4) is 0 Å². The van der Waals surface area contributed by atoms with Crippen LogP contribution < -0.4 is 5.32 Å². The van der Waals surface area contributed by atoms with E-state index in [1.165, 1.54) is 0 Å². The van der Waals surface area contributed by atoms with Crippen molar-refractivity contribution in [3.63, 3.8) is 0 Å². The van der Waals surface area contributed by atoms with Crippen LogP contribution in [0.1, 0.15) is 16.5 Å². The van der Waals surface area contributed by atoms with Crippen molar-refractivity contribution >= 4 is 28.1 Å². The lowest BCUT2D eigenvalue weighted by atomic mass is 10.0. The number of halogens is 4. The Balaban J connectivity index is 1.73. The summed E-state index contributed by atoms with van der Waals surface area (Å²) in [7, 11) is 0. The summed E-state index contributed by atoms with van der Waals surface area (Å²) in [6.07, 6.45) is -3.50. The van der Waals surface area contributed by atoms with E-state index in [4.69, 9.17) is 16.3 Å². The topological polar surface area (TPSA) is 37.4 Å². The maximum atomic E-state index is 12.7. The fourth-order valence-electron chi connectivity index (χ4n) is 2.70. The van der Waals surface area contributed by atoms with E-state index in [9.17, 15) is 13.2 Å². The Morgan fingerprint density at radius 1 is 1.24 bits per heavy atom. The Hall–Kier alpha value is -1.35. The molecule has 1 saturated heterocycles. The first-order chi connectivity index (χ1) is 11.9. The molecular formula is C16H17ClF3N3OS. The van der Waals surface area contributed by atoms with Crippen molar-refractivity contribution in [3.8, 4) is 0 Å². The molecule has 0 saturated carbocycles. The quantitative estimate of drug-likeness (QED) is 0.824. The average molecular weight is 392 g/mol. The Bertz CT molecular complexity index is 687. The van der Waals surface area contributed by atoms with E-state index in [2.05, 4.69) is 15.2 Å². The lowest BCUT2D eigenvalue weighted by Crippen LogP contribution is -2.41. The molecule has 3 rings (SSSR count). The fraction of sp³-hybridized carbons (Fsp3) is 0.438. The van der Waals surface area contributed by atoms with Crippen molar-refractivity contribution < 1.29 is 17.9 Å². The summed E-state index contributed by atoms with van der Waals surface area (Å²) in [6, 6.07) is 7.50. The molecule has 1 aromatic carbocycles. The predicted molar refractivity (Wildman–Crippen MR) is 92.2 cm³/mol. The molecule has 25 heavy (non-hydrogen) atoms. The van der Waals surface area contributed by atoms with Gasteiger partial charge in [0.25, 0.3) is 0 Å². The first-order valence-electron chi connectivity index (χ1n) is 7.77. The second-order valence-corrected chi connectivity index (χ2v) is 7.09. The lowest BCUT2D eigenvalue weighted by molar-refractivity contribution is -0.134. The van der Waals surface area contributed by atoms with Crippen LogP contribution in [-0.4, -0.2) is 42.7 Å². The molecule has 0 amide bonds. The van der Waals surface area contributed by atoms with Gasteiger partial charge in [0.05, 0.1) is 25.5 Å². The third kappa shape index (κ3) is 4.84. The van der Waals surface area contributed by atoms with E-state index in [-0.39, 0.29) is 11.2 Å². The molecule has 1 atom stereocenters. The number of hydrogen-bond acceptors (Lipinski definition) is 5. The molecule has 9 heteroatoms. The molecule has 1 aromatic heterocycles. The Morgan fingerprint density at radius 2 is 1.92 bits per heavy atom. The number of thiazole rings is 1. The summed E-state index contributed by atoms with van der Waals surface area (Å²) in [6.45, 7) is 3.26. The van der Waals surface area contributed by atoms with E-state index < -0.39 is 11.1 Å². The van der Waals surface area contributed by atoms with Crippen LogP contribution in [0, 0.1) is 0 Å². The molecule has 0 bridgehead atoms. The highest BCUT2D eigenvalue weighted by molar-refractivity contribution is 7.15. The second-order valence-electron chi connectivity index (χ2n) is 5.62. The number of ether oxygens (including phenoxy) is 1. The van der Waals surface area contributed by atoms with Crippen LogP contribution in [0.5, 0.6) is 0 Å². The molecule has 4 nitrogen and oxygen atoms in total. The standard InChI is InChI=1S/C16H17ClF3N3OS/c17-12-3-1-11(2-4-12)13(23-5-7-24-8-6-23)9-21-15-22-10-14(25-15)16(18,19)20/h1-4,10,13H,5-9H2,(H,21,22). The lowest BCUT2D eigenvalue weighted by Gasteiger charge is -2.35. The number of aromatic nitrogens is 1. The summed E-state index contributed by atoms with van der Waals surface area (Å²) >= 11 is 6.57. The normalized spacial score (nSPS) is 17.4. The number of rotatable bonds is 5. The van der Waals surface area contributed by atoms with Crippen molar-refractivity contribution in [1.29, 1.82) is 0 Å². The first-order valence-corrected chi connectivity index (χ1v) is 8.97. The second kappa shape index (κ2) is 7.90. The van der Waals surface area contributed by atoms with Crippen LogP contribution >= 0.6 is 22.9 Å². The van der Waals surface area contributed by atoms with Crippen molar-refractivity contribution in [1.82, 2.24) is 9.88 Å². The number of nitrogens with zero attached hydrogens (tertiary/aromatic N) is 2. The van der Waals surface area contributed by atoms with Crippen molar-refractivity contribution in [2.24, 2.45) is 0 Å². The smallest absolute Gasteiger partial charge is 0.379 e. The van der Waals surface area contributed by atoms with Gasteiger partial charge in [-0.15, -0.1) is 0 Å². The highest BCUT2D eigenvalue weighted by Gasteiger charge is 2.33. The van der Waals surface area contributed by atoms with Crippen LogP contribution in [0.25, 0.3) is 0 Å². The van der Waals surface area contributed by atoms with Gasteiger partial charge in [0.1, 0.15) is 4.88 Å². The summed E-state index contributed by atoms with van der Waals surface area (Å²) in [5.41, 5.74) is 1.05. The molecule has 0 radical (unpaired) electrons. The maximum Gasteiger partial charge on any atom is 0.427 e. The highest BCUT2D eigenvalue weighted by atomic mass is 35.5. The van der Waals surface area contributed by atoms with Gasteiger partial charge < -0.3 is 10.1 Å². The minimum Gasteiger partial charge on any atom is -0.379 e. The Morgan fingerprint density at radius 3 is 2.52 bits per heavy atom. The molecule has 2 aromatic rings. The van der Waals surface area contributed by atoms with Gasteiger partial charge in [-0.2, -0.15) is 13.2 Å². The third-order valence-electron chi connectivity index (χ3n) is 3.97. The minimum absolute atomic E-state index is 0.000552. The summed E-state index contributed by atoms with van der Waals surface area (Å²) < 4.78 is 43.5. The highest BCUT2D eigenvalue weighted by Crippen LogP contribution is 2.35. The SMILES string of the molecule is FC(F)(F)c1cnc(NCC(c2ccc(Cl)cc2)N2CCOCC2)s1. The zero-order chi connectivity index (χ0) is 17.9. The minimum atomic E-state index is -4.36. The number of hydrogen-bond donors (Lipinski definition) is 1. The zero-order valence-electron chi connectivity index (χ0n) is 13.2. The van der Waals surface area contributed by atoms with Crippen LogP contribution in [0.15, 0.2) is 30.5 Å². The molecule has 1 unspecified atom stereocenters. The van der Waals surface area contributed by atoms with E-state index >= 15 is 0 Å². The van der Waals surface area contributed by atoms with Gasteiger partial charge in [0.2, 0.25) is 0 Å². The fourth-order valence-corrected chi connectivity index (χ4v) is 3.52. The predicted octanol–water partition coefficient (Wildman–Crippen LogP) is 4.30. The molecule has 2 heterocycles. The first kappa shape index (κ1) is 18.4. The molecule has 1 aliphatic rings. The van der Waals surface area contributed by atoms with Crippen LogP contribution in [-0.2, 0) is 10.9 Å². The zero-order valence-corrected chi connectivity index (χ0v) is 14.8. The largest absolute Gasteiger partial charge is 0.427 e. The molecule has 0 aliphatic carbocycles. The average Bonchev–Trinajstić information content (AvgIpc) is 3.07. The van der Waals surface area contributed by atoms with Gasteiger partial charge in [0, 0.05) is 24.7 Å².